The second kappa shape index (κ2) is 13.0. The fraction of sp³-hybridized carbons (Fsp3) is 0.242. The average Bonchev–Trinajstić information content (AvgIpc) is 3.41. The molecule has 0 N–H and O–H groups in total. The molecule has 42 heavy (non-hydrogen) atoms. The molecule has 3 aromatic carbocycles. The number of ether oxygens (including phenoxy) is 3. The monoisotopic (exact) mass is 583 g/mol. The summed E-state index contributed by atoms with van der Waals surface area (Å²) in [6, 6.07) is 24.3. The van der Waals surface area contributed by atoms with Crippen LogP contribution in [0.25, 0.3) is 0 Å². The molecule has 3 aromatic rings. The smallest absolute Gasteiger partial charge is 0.338 e. The van der Waals surface area contributed by atoms with Gasteiger partial charge in [0.1, 0.15) is 18.1 Å². The Morgan fingerprint density at radius 3 is 2.17 bits per heavy atom. The lowest BCUT2D eigenvalue weighted by Gasteiger charge is -2.36. The summed E-state index contributed by atoms with van der Waals surface area (Å²) in [5.74, 6) is 0.640. The first-order valence-corrected chi connectivity index (χ1v) is 14.4. The molecule has 2 aliphatic heterocycles. The molecule has 1 atom stereocenters. The molecule has 0 bridgehead atoms. The number of esters is 1. The van der Waals surface area contributed by atoms with Crippen molar-refractivity contribution in [3.05, 3.63) is 118 Å². The minimum absolute atomic E-state index is 0.0478. The van der Waals surface area contributed by atoms with E-state index in [1.165, 1.54) is 11.8 Å². The third kappa shape index (κ3) is 6.36. The second-order valence-electron chi connectivity index (χ2n) is 10.0. The molecule has 0 saturated carbocycles. The van der Waals surface area contributed by atoms with Crippen LogP contribution in [0.15, 0.2) is 106 Å². The van der Waals surface area contributed by atoms with Gasteiger partial charge in [0.2, 0.25) is 5.91 Å². The Morgan fingerprint density at radius 2 is 1.55 bits per heavy atom. The van der Waals surface area contributed by atoms with Crippen LogP contribution in [-0.2, 0) is 27.5 Å². The minimum atomic E-state index is -0.613. The van der Waals surface area contributed by atoms with Crippen molar-refractivity contribution < 1.29 is 23.8 Å². The normalized spacial score (nSPS) is 15.9. The summed E-state index contributed by atoms with van der Waals surface area (Å²) in [4.78, 5) is 35.6. The molecule has 8 nitrogen and oxygen atoms in total. The third-order valence-electron chi connectivity index (χ3n) is 7.14. The first-order valence-electron chi connectivity index (χ1n) is 13.5. The van der Waals surface area contributed by atoms with E-state index in [1.807, 2.05) is 90.0 Å². The molecular weight excluding hydrogens is 550 g/mol. The van der Waals surface area contributed by atoms with Gasteiger partial charge in [-0.15, -0.1) is 0 Å². The Kier molecular flexibility index (Phi) is 8.97. The molecule has 0 radical (unpaired) electrons. The van der Waals surface area contributed by atoms with E-state index in [-0.39, 0.29) is 18.9 Å². The number of hydrogen-bond acceptors (Lipinski definition) is 8. The van der Waals surface area contributed by atoms with E-state index in [4.69, 9.17) is 19.2 Å². The van der Waals surface area contributed by atoms with Crippen molar-refractivity contribution in [2.24, 2.45) is 4.99 Å². The van der Waals surface area contributed by atoms with Crippen molar-refractivity contribution >= 4 is 28.8 Å². The zero-order chi connectivity index (χ0) is 29.6. The molecule has 0 spiro atoms. The van der Waals surface area contributed by atoms with Gasteiger partial charge >= 0.3 is 5.97 Å². The molecular formula is C33H33N3O5S. The Hall–Kier alpha value is -4.50. The molecule has 0 fully saturated rings. The van der Waals surface area contributed by atoms with E-state index >= 15 is 0 Å². The summed E-state index contributed by atoms with van der Waals surface area (Å²) in [5.41, 5.74) is 4.38. The molecule has 5 rings (SSSR count). The number of carbonyl (C=O) groups excluding carboxylic acids is 2. The summed E-state index contributed by atoms with van der Waals surface area (Å²) in [6.45, 7) is 2.43. The number of nitrogens with zero attached hydrogens (tertiary/aromatic N) is 3. The maximum atomic E-state index is 13.8. The lowest BCUT2D eigenvalue weighted by Crippen LogP contribution is -2.38. The van der Waals surface area contributed by atoms with Crippen molar-refractivity contribution in [1.82, 2.24) is 9.80 Å². The number of amidine groups is 1. The van der Waals surface area contributed by atoms with Crippen LogP contribution < -0.4 is 9.47 Å². The number of methoxy groups -OCH3 is 2. The predicted molar refractivity (Wildman–Crippen MR) is 164 cm³/mol. The first kappa shape index (κ1) is 29.0. The highest BCUT2D eigenvalue weighted by atomic mass is 32.2. The molecule has 216 valence electrons. The lowest BCUT2D eigenvalue weighted by molar-refractivity contribution is -0.141. The van der Waals surface area contributed by atoms with E-state index in [1.54, 1.807) is 32.2 Å². The number of rotatable bonds is 10. The van der Waals surface area contributed by atoms with E-state index in [9.17, 15) is 9.59 Å². The highest BCUT2D eigenvalue weighted by Crippen LogP contribution is 2.46. The number of hydrogen-bond donors (Lipinski definition) is 0. The maximum absolute atomic E-state index is 13.8. The topological polar surface area (TPSA) is 80.7 Å². The number of aliphatic imine (C=N–C) groups is 1. The highest BCUT2D eigenvalue weighted by molar-refractivity contribution is 8.16. The fourth-order valence-corrected chi connectivity index (χ4v) is 5.93. The summed E-state index contributed by atoms with van der Waals surface area (Å²) in [6.07, 6.45) is 0.137. The Bertz CT molecular complexity index is 1530. The van der Waals surface area contributed by atoms with Crippen LogP contribution in [0.1, 0.15) is 36.1 Å². The lowest BCUT2D eigenvalue weighted by atomic mass is 9.93. The van der Waals surface area contributed by atoms with Gasteiger partial charge in [0.05, 0.1) is 38.0 Å². The van der Waals surface area contributed by atoms with Gasteiger partial charge in [-0.3, -0.25) is 4.79 Å². The molecule has 0 unspecified atom stereocenters. The zero-order valence-corrected chi connectivity index (χ0v) is 24.9. The molecule has 0 saturated heterocycles. The first-order chi connectivity index (χ1) is 20.4. The molecule has 2 heterocycles. The highest BCUT2D eigenvalue weighted by Gasteiger charge is 2.41. The maximum Gasteiger partial charge on any atom is 0.338 e. The van der Waals surface area contributed by atoms with E-state index in [2.05, 4.69) is 0 Å². The van der Waals surface area contributed by atoms with Crippen molar-refractivity contribution in [2.75, 3.05) is 21.3 Å². The van der Waals surface area contributed by atoms with Gasteiger partial charge in [-0.25, -0.2) is 9.79 Å². The summed E-state index contributed by atoms with van der Waals surface area (Å²) >= 11 is 1.43. The van der Waals surface area contributed by atoms with Crippen molar-refractivity contribution in [2.45, 2.75) is 32.5 Å². The fourth-order valence-electron chi connectivity index (χ4n) is 4.97. The number of amides is 1. The Morgan fingerprint density at radius 1 is 0.929 bits per heavy atom. The van der Waals surface area contributed by atoms with Crippen molar-refractivity contribution in [3.63, 3.8) is 0 Å². The van der Waals surface area contributed by atoms with Crippen LogP contribution >= 0.6 is 11.8 Å². The van der Waals surface area contributed by atoms with Crippen LogP contribution in [-0.4, -0.2) is 48.1 Å². The molecule has 2 aliphatic rings. The number of allylic oxidation sites excluding steroid dienone is 1. The Balaban J connectivity index is 1.48. The molecule has 1 amide bonds. The van der Waals surface area contributed by atoms with Gasteiger partial charge in [-0.05, 0) is 41.2 Å². The number of thioether (sulfide) groups is 1. The van der Waals surface area contributed by atoms with E-state index < -0.39 is 12.0 Å². The predicted octanol–water partition coefficient (Wildman–Crippen LogP) is 6.07. The summed E-state index contributed by atoms with van der Waals surface area (Å²) < 4.78 is 16.9. The minimum Gasteiger partial charge on any atom is -0.497 e. The van der Waals surface area contributed by atoms with Crippen LogP contribution in [0.5, 0.6) is 11.5 Å². The SMILES string of the molecule is COc1cc(OC)cc([C@@H]2C(C(=O)OCc3ccccc3)=C(C)N=C3SC=C(CC(=O)N(C)Cc4ccccc4)N32)c1. The average molecular weight is 584 g/mol. The number of fused-ring (bicyclic) bond motifs is 1. The molecule has 0 aromatic heterocycles. The number of carbonyl (C=O) groups is 2. The van der Waals surface area contributed by atoms with Crippen LogP contribution in [0.2, 0.25) is 0 Å². The van der Waals surface area contributed by atoms with Crippen molar-refractivity contribution in [1.29, 1.82) is 0 Å². The van der Waals surface area contributed by atoms with Crippen LogP contribution in [0.4, 0.5) is 0 Å². The molecule has 0 aliphatic carbocycles. The summed E-state index contributed by atoms with van der Waals surface area (Å²) in [5, 5.41) is 2.62. The second-order valence-corrected chi connectivity index (χ2v) is 10.8. The molecule has 9 heteroatoms. The van der Waals surface area contributed by atoms with Crippen LogP contribution in [0.3, 0.4) is 0 Å². The van der Waals surface area contributed by atoms with Gasteiger partial charge in [0, 0.05) is 25.4 Å². The quantitative estimate of drug-likeness (QED) is 0.268. The van der Waals surface area contributed by atoms with Crippen molar-refractivity contribution in [3.8, 4) is 11.5 Å². The van der Waals surface area contributed by atoms with Gasteiger partial charge in [-0.1, -0.05) is 72.4 Å². The van der Waals surface area contributed by atoms with Gasteiger partial charge in [0.15, 0.2) is 5.17 Å². The third-order valence-corrected chi connectivity index (χ3v) is 8.03. The van der Waals surface area contributed by atoms with Gasteiger partial charge < -0.3 is 24.0 Å². The van der Waals surface area contributed by atoms with Gasteiger partial charge in [0.25, 0.3) is 0 Å². The van der Waals surface area contributed by atoms with Crippen LogP contribution in [0, 0.1) is 0 Å². The number of benzene rings is 3. The van der Waals surface area contributed by atoms with Gasteiger partial charge in [-0.2, -0.15) is 0 Å². The standard InChI is InChI=1S/C33H33N3O5S/c1-22-30(32(38)41-20-24-13-9-6-10-14-24)31(25-15-27(39-3)18-28(16-25)40-4)36-26(21-42-33(36)34-22)17-29(37)35(2)19-23-11-7-5-8-12-23/h5-16,18,21,31H,17,19-20H2,1-4H3/t31-/m1/s1. The van der Waals surface area contributed by atoms with E-state index in [0.717, 1.165) is 22.4 Å². The zero-order valence-electron chi connectivity index (χ0n) is 24.1. The summed E-state index contributed by atoms with van der Waals surface area (Å²) in [7, 11) is 4.96. The largest absolute Gasteiger partial charge is 0.497 e. The van der Waals surface area contributed by atoms with E-state index in [0.29, 0.717) is 34.5 Å². The Labute approximate surface area is 250 Å².